The van der Waals surface area contributed by atoms with Crippen LogP contribution in [0, 0.1) is 0 Å². The molecule has 0 radical (unpaired) electrons. The van der Waals surface area contributed by atoms with Crippen LogP contribution in [0.25, 0.3) is 0 Å². The van der Waals surface area contributed by atoms with Gasteiger partial charge >= 0.3 is 0 Å². The average Bonchev–Trinajstić information content (AvgIpc) is 1.98. The Balaban J connectivity index is 0.00000169. The molecule has 0 saturated heterocycles. The minimum absolute atomic E-state index is 0. The highest BCUT2D eigenvalue weighted by molar-refractivity contribution is 5.65. The number of phenols is 2. The van der Waals surface area contributed by atoms with Crippen LogP contribution in [0.1, 0.15) is 26.3 Å². The third kappa shape index (κ3) is 2.09. The van der Waals surface area contributed by atoms with Crippen LogP contribution in [0.3, 0.4) is 0 Å². The molecule has 0 saturated carbocycles. The van der Waals surface area contributed by atoms with Gasteiger partial charge in [0.15, 0.2) is 11.5 Å². The van der Waals surface area contributed by atoms with E-state index in [1.807, 2.05) is 20.8 Å². The molecule has 1 aromatic rings. The number of nitrogens with two attached hydrogens (primary N) is 1. The summed E-state index contributed by atoms with van der Waals surface area (Å²) < 4.78 is 0. The zero-order valence-electron chi connectivity index (χ0n) is 8.63. The largest absolute Gasteiger partial charge is 0.504 e. The van der Waals surface area contributed by atoms with E-state index in [-0.39, 0.29) is 28.1 Å². The van der Waals surface area contributed by atoms with Crippen LogP contribution < -0.4 is 5.73 Å². The molecule has 6 N–H and O–H groups in total. The number of anilines is 1. The monoisotopic (exact) mass is 199 g/mol. The highest BCUT2D eigenvalue weighted by atomic mass is 16.3. The number of nitrogen functional groups attached to an aromatic ring is 1. The first-order valence-electron chi connectivity index (χ1n) is 4.15. The average molecular weight is 199 g/mol. The Labute approximate surface area is 83.3 Å². The first-order chi connectivity index (χ1) is 5.84. The lowest BCUT2D eigenvalue weighted by molar-refractivity contribution is 0.404. The minimum atomic E-state index is -0.229. The van der Waals surface area contributed by atoms with E-state index in [0.717, 1.165) is 5.56 Å². The summed E-state index contributed by atoms with van der Waals surface area (Å²) in [6.45, 7) is 5.99. The molecule has 4 nitrogen and oxygen atoms in total. The molecule has 0 aliphatic rings. The zero-order valence-corrected chi connectivity index (χ0v) is 8.63. The van der Waals surface area contributed by atoms with E-state index in [1.165, 1.54) is 6.07 Å². The Bertz CT molecular complexity index is 329. The summed E-state index contributed by atoms with van der Waals surface area (Å²) in [4.78, 5) is 0. The second-order valence-corrected chi connectivity index (χ2v) is 4.14. The summed E-state index contributed by atoms with van der Waals surface area (Å²) in [5, 5.41) is 18.5. The van der Waals surface area contributed by atoms with Crippen LogP contribution in [0.2, 0.25) is 0 Å². The van der Waals surface area contributed by atoms with Crippen molar-refractivity contribution < 1.29 is 15.7 Å². The Morgan fingerprint density at radius 2 is 1.64 bits per heavy atom. The maximum absolute atomic E-state index is 9.38. The highest BCUT2D eigenvalue weighted by Crippen LogP contribution is 2.38. The van der Waals surface area contributed by atoms with E-state index in [4.69, 9.17) is 10.8 Å². The molecule has 0 bridgehead atoms. The molecule has 80 valence electrons. The maximum Gasteiger partial charge on any atom is 0.181 e. The van der Waals surface area contributed by atoms with Crippen molar-refractivity contribution in [2.24, 2.45) is 0 Å². The zero-order chi connectivity index (χ0) is 10.2. The molecule has 14 heavy (non-hydrogen) atoms. The topological polar surface area (TPSA) is 98.0 Å². The number of hydrogen-bond donors (Lipinski definition) is 3. The minimum Gasteiger partial charge on any atom is -0.504 e. The van der Waals surface area contributed by atoms with Gasteiger partial charge in [0.2, 0.25) is 0 Å². The summed E-state index contributed by atoms with van der Waals surface area (Å²) >= 11 is 0. The first-order valence-corrected chi connectivity index (χ1v) is 4.15. The molecule has 0 unspecified atom stereocenters. The van der Waals surface area contributed by atoms with Gasteiger partial charge in [-0.05, 0) is 17.0 Å². The molecule has 0 spiro atoms. The van der Waals surface area contributed by atoms with Crippen molar-refractivity contribution >= 4 is 5.69 Å². The van der Waals surface area contributed by atoms with Crippen molar-refractivity contribution in [3.63, 3.8) is 0 Å². The molecule has 0 amide bonds. The standard InChI is InChI=1S/C10H15NO2.H2O/c1-10(2,3)6-4-5-7(12)9(13)8(6)11;/h4-5,12-13H,11H2,1-3H3;1H2. The Morgan fingerprint density at radius 1 is 1.14 bits per heavy atom. The van der Waals surface area contributed by atoms with Crippen LogP contribution >= 0.6 is 0 Å². The summed E-state index contributed by atoms with van der Waals surface area (Å²) in [5.74, 6) is -0.405. The molecule has 0 aliphatic carbocycles. The van der Waals surface area contributed by atoms with Crippen molar-refractivity contribution in [2.75, 3.05) is 5.73 Å². The van der Waals surface area contributed by atoms with E-state index in [1.54, 1.807) is 6.07 Å². The second kappa shape index (κ2) is 3.75. The SMILES string of the molecule is CC(C)(C)c1ccc(O)c(O)c1N.O. The molecule has 1 aromatic carbocycles. The van der Waals surface area contributed by atoms with Crippen LogP contribution in [0.4, 0.5) is 5.69 Å². The summed E-state index contributed by atoms with van der Waals surface area (Å²) in [6.07, 6.45) is 0. The van der Waals surface area contributed by atoms with Gasteiger partial charge in [-0.3, -0.25) is 0 Å². The van der Waals surface area contributed by atoms with Gasteiger partial charge in [0.1, 0.15) is 0 Å². The molecule has 1 rings (SSSR count). The molecule has 0 aliphatic heterocycles. The summed E-state index contributed by atoms with van der Waals surface area (Å²) in [6, 6.07) is 3.18. The third-order valence-corrected chi connectivity index (χ3v) is 2.00. The molecule has 4 heteroatoms. The van der Waals surface area contributed by atoms with E-state index in [0.29, 0.717) is 0 Å². The first kappa shape index (κ1) is 12.6. The Kier molecular flexibility index (Phi) is 3.37. The fraction of sp³-hybridized carbons (Fsp3) is 0.400. The second-order valence-electron chi connectivity index (χ2n) is 4.14. The van der Waals surface area contributed by atoms with E-state index < -0.39 is 0 Å². The number of aromatic hydroxyl groups is 2. The number of phenolic OH excluding ortho intramolecular Hbond substituents is 2. The third-order valence-electron chi connectivity index (χ3n) is 2.00. The predicted molar refractivity (Wildman–Crippen MR) is 56.5 cm³/mol. The van der Waals surface area contributed by atoms with Gasteiger partial charge < -0.3 is 21.4 Å². The number of rotatable bonds is 0. The van der Waals surface area contributed by atoms with Gasteiger partial charge in [-0.15, -0.1) is 0 Å². The van der Waals surface area contributed by atoms with Gasteiger partial charge in [-0.25, -0.2) is 0 Å². The lowest BCUT2D eigenvalue weighted by Gasteiger charge is -2.21. The van der Waals surface area contributed by atoms with Crippen molar-refractivity contribution in [3.8, 4) is 11.5 Å². The van der Waals surface area contributed by atoms with Gasteiger partial charge in [-0.2, -0.15) is 0 Å². The molecule has 0 fully saturated rings. The van der Waals surface area contributed by atoms with Crippen molar-refractivity contribution in [3.05, 3.63) is 17.7 Å². The lowest BCUT2D eigenvalue weighted by atomic mass is 9.85. The molecular formula is C10H17NO3. The predicted octanol–water partition coefficient (Wildman–Crippen LogP) is 1.15. The number of hydrogen-bond acceptors (Lipinski definition) is 3. The van der Waals surface area contributed by atoms with Crippen LogP contribution in [0.15, 0.2) is 12.1 Å². The molecule has 0 aromatic heterocycles. The smallest absolute Gasteiger partial charge is 0.181 e. The summed E-state index contributed by atoms with van der Waals surface area (Å²) in [7, 11) is 0. The van der Waals surface area contributed by atoms with E-state index in [9.17, 15) is 5.11 Å². The van der Waals surface area contributed by atoms with Crippen LogP contribution in [0.5, 0.6) is 11.5 Å². The lowest BCUT2D eigenvalue weighted by Crippen LogP contribution is -2.13. The Hall–Kier alpha value is -1.42. The summed E-state index contributed by atoms with van der Waals surface area (Å²) in [5.41, 5.74) is 6.62. The highest BCUT2D eigenvalue weighted by Gasteiger charge is 2.19. The van der Waals surface area contributed by atoms with Gasteiger partial charge in [0.25, 0.3) is 0 Å². The maximum atomic E-state index is 9.38. The van der Waals surface area contributed by atoms with E-state index in [2.05, 4.69) is 0 Å². The van der Waals surface area contributed by atoms with Crippen LogP contribution in [-0.4, -0.2) is 15.7 Å². The van der Waals surface area contributed by atoms with Gasteiger partial charge in [-0.1, -0.05) is 26.8 Å². The fourth-order valence-electron chi connectivity index (χ4n) is 1.25. The fourth-order valence-corrected chi connectivity index (χ4v) is 1.25. The quantitative estimate of drug-likeness (QED) is 0.432. The molecule has 0 heterocycles. The van der Waals surface area contributed by atoms with E-state index >= 15 is 0 Å². The van der Waals surface area contributed by atoms with Crippen molar-refractivity contribution in [1.82, 2.24) is 0 Å². The molecule has 0 atom stereocenters. The number of benzene rings is 1. The van der Waals surface area contributed by atoms with Crippen LogP contribution in [-0.2, 0) is 5.41 Å². The van der Waals surface area contributed by atoms with Crippen molar-refractivity contribution in [1.29, 1.82) is 0 Å². The Morgan fingerprint density at radius 3 is 2.07 bits per heavy atom. The normalized spacial score (nSPS) is 10.8. The molecular weight excluding hydrogens is 182 g/mol. The van der Waals surface area contributed by atoms with Crippen molar-refractivity contribution in [2.45, 2.75) is 26.2 Å². The van der Waals surface area contributed by atoms with Gasteiger partial charge in [0, 0.05) is 0 Å². The van der Waals surface area contributed by atoms with Gasteiger partial charge in [0.05, 0.1) is 5.69 Å².